The summed E-state index contributed by atoms with van der Waals surface area (Å²) < 4.78 is 0. The molecule has 0 radical (unpaired) electrons. The van der Waals surface area contributed by atoms with Gasteiger partial charge in [-0.05, 0) is 26.2 Å². The number of oxime groups is 1. The van der Waals surface area contributed by atoms with Crippen LogP contribution in [0.5, 0.6) is 0 Å². The molecular formula is C13H15N3O. The van der Waals surface area contributed by atoms with E-state index in [1.807, 2.05) is 30.1 Å². The van der Waals surface area contributed by atoms with Gasteiger partial charge in [-0.15, -0.1) is 0 Å². The third-order valence-electron chi connectivity index (χ3n) is 3.18. The average Bonchev–Trinajstić information content (AvgIpc) is 2.61. The highest BCUT2D eigenvalue weighted by Gasteiger charge is 2.34. The molecule has 0 aromatic rings. The van der Waals surface area contributed by atoms with Crippen molar-refractivity contribution in [2.24, 2.45) is 5.16 Å². The molecule has 17 heavy (non-hydrogen) atoms. The number of hydrogen-bond donors (Lipinski definition) is 1. The fraction of sp³-hybridized carbons (Fsp3) is 0.385. The van der Waals surface area contributed by atoms with Gasteiger partial charge < -0.3 is 10.1 Å². The molecule has 0 bridgehead atoms. The highest BCUT2D eigenvalue weighted by molar-refractivity contribution is 6.06. The SMILES string of the molecule is C\C=C/C=C1/C(C#N)=CN(C2CCC2)/C1=N\O. The summed E-state index contributed by atoms with van der Waals surface area (Å²) in [5.41, 5.74) is 1.25. The van der Waals surface area contributed by atoms with Gasteiger partial charge >= 0.3 is 0 Å². The summed E-state index contributed by atoms with van der Waals surface area (Å²) in [6, 6.07) is 2.52. The van der Waals surface area contributed by atoms with Crippen LogP contribution in [0.2, 0.25) is 0 Å². The molecule has 0 atom stereocenters. The maximum atomic E-state index is 9.13. The van der Waals surface area contributed by atoms with E-state index in [9.17, 15) is 0 Å². The van der Waals surface area contributed by atoms with Crippen LogP contribution in [-0.4, -0.2) is 22.0 Å². The third-order valence-corrected chi connectivity index (χ3v) is 3.18. The molecule has 2 rings (SSSR count). The smallest absolute Gasteiger partial charge is 0.180 e. The number of nitrogens with zero attached hydrogens (tertiary/aromatic N) is 3. The van der Waals surface area contributed by atoms with E-state index in [0.29, 0.717) is 23.0 Å². The predicted octanol–water partition coefficient (Wildman–Crippen LogP) is 2.55. The summed E-state index contributed by atoms with van der Waals surface area (Å²) in [4.78, 5) is 1.91. The zero-order chi connectivity index (χ0) is 12.3. The highest BCUT2D eigenvalue weighted by atomic mass is 16.4. The Morgan fingerprint density at radius 3 is 2.82 bits per heavy atom. The molecule has 2 aliphatic rings. The van der Waals surface area contributed by atoms with Gasteiger partial charge in [0.05, 0.1) is 5.57 Å². The van der Waals surface area contributed by atoms with Crippen molar-refractivity contribution in [2.45, 2.75) is 32.2 Å². The van der Waals surface area contributed by atoms with Crippen LogP contribution in [0.4, 0.5) is 0 Å². The van der Waals surface area contributed by atoms with Gasteiger partial charge in [-0.1, -0.05) is 23.4 Å². The second-order valence-electron chi connectivity index (χ2n) is 4.18. The second kappa shape index (κ2) is 4.88. The molecule has 4 nitrogen and oxygen atoms in total. The van der Waals surface area contributed by atoms with Gasteiger partial charge in [0, 0.05) is 17.8 Å². The summed E-state index contributed by atoms with van der Waals surface area (Å²) in [5.74, 6) is 0.490. The molecule has 0 aromatic carbocycles. The van der Waals surface area contributed by atoms with Crippen molar-refractivity contribution in [3.8, 4) is 6.07 Å². The minimum Gasteiger partial charge on any atom is -0.409 e. The van der Waals surface area contributed by atoms with Crippen LogP contribution in [0.3, 0.4) is 0 Å². The number of hydrogen-bond acceptors (Lipinski definition) is 3. The lowest BCUT2D eigenvalue weighted by Crippen LogP contribution is -2.38. The Labute approximate surface area is 101 Å². The molecule has 1 aliphatic heterocycles. The van der Waals surface area contributed by atoms with Crippen LogP contribution in [0.1, 0.15) is 26.2 Å². The fourth-order valence-electron chi connectivity index (χ4n) is 2.02. The lowest BCUT2D eigenvalue weighted by Gasteiger charge is -2.34. The van der Waals surface area contributed by atoms with Crippen LogP contribution < -0.4 is 0 Å². The zero-order valence-corrected chi connectivity index (χ0v) is 9.80. The quantitative estimate of drug-likeness (QED) is 0.584. The normalized spacial score (nSPS) is 25.4. The van der Waals surface area contributed by atoms with E-state index in [1.165, 1.54) is 6.42 Å². The monoisotopic (exact) mass is 229 g/mol. The number of nitriles is 1. The fourth-order valence-corrected chi connectivity index (χ4v) is 2.02. The van der Waals surface area contributed by atoms with Crippen LogP contribution in [0.15, 0.2) is 40.7 Å². The first-order valence-corrected chi connectivity index (χ1v) is 5.78. The van der Waals surface area contributed by atoms with E-state index >= 15 is 0 Å². The Bertz CT molecular complexity index is 462. The molecule has 4 heteroatoms. The van der Waals surface area contributed by atoms with Crippen molar-refractivity contribution < 1.29 is 5.21 Å². The summed E-state index contributed by atoms with van der Waals surface area (Å²) in [6.45, 7) is 1.90. The molecule has 1 heterocycles. The maximum absolute atomic E-state index is 9.13. The van der Waals surface area contributed by atoms with E-state index in [0.717, 1.165) is 12.8 Å². The van der Waals surface area contributed by atoms with Crippen molar-refractivity contribution >= 4 is 5.84 Å². The van der Waals surface area contributed by atoms with Gasteiger partial charge in [0.1, 0.15) is 6.07 Å². The first-order chi connectivity index (χ1) is 8.31. The maximum Gasteiger partial charge on any atom is 0.180 e. The minimum absolute atomic E-state index is 0.376. The molecule has 1 N–H and O–H groups in total. The summed E-state index contributed by atoms with van der Waals surface area (Å²) in [6.07, 6.45) is 10.7. The van der Waals surface area contributed by atoms with Gasteiger partial charge in [0.2, 0.25) is 0 Å². The Kier molecular flexibility index (Phi) is 3.29. The van der Waals surface area contributed by atoms with E-state index in [2.05, 4.69) is 11.2 Å². The minimum atomic E-state index is 0.376. The lowest BCUT2D eigenvalue weighted by molar-refractivity contribution is 0.248. The first-order valence-electron chi connectivity index (χ1n) is 5.78. The molecule has 0 saturated heterocycles. The van der Waals surface area contributed by atoms with Crippen LogP contribution in [0, 0.1) is 11.3 Å². The summed E-state index contributed by atoms with van der Waals surface area (Å²) >= 11 is 0. The number of allylic oxidation sites excluding steroid dienone is 3. The molecule has 0 unspecified atom stereocenters. The third kappa shape index (κ3) is 1.96. The van der Waals surface area contributed by atoms with Crippen LogP contribution in [-0.2, 0) is 0 Å². The van der Waals surface area contributed by atoms with Crippen molar-refractivity contribution in [1.82, 2.24) is 4.90 Å². The predicted molar refractivity (Wildman–Crippen MR) is 65.3 cm³/mol. The number of rotatable bonds is 2. The van der Waals surface area contributed by atoms with E-state index in [4.69, 9.17) is 10.5 Å². The second-order valence-corrected chi connectivity index (χ2v) is 4.18. The standard InChI is InChI=1S/C13H15N3O/c1-2-3-7-12-10(8-14)9-16(13(12)15-17)11-5-4-6-11/h2-3,7,9,11,17H,4-6H2,1H3/b3-2-,12-7-,15-13-. The Hall–Kier alpha value is -2.02. The Balaban J connectivity index is 2.34. The van der Waals surface area contributed by atoms with E-state index in [1.54, 1.807) is 6.20 Å². The van der Waals surface area contributed by atoms with Crippen LogP contribution >= 0.6 is 0 Å². The van der Waals surface area contributed by atoms with Gasteiger partial charge in [-0.3, -0.25) is 0 Å². The molecule has 0 amide bonds. The highest BCUT2D eigenvalue weighted by Crippen LogP contribution is 2.32. The molecular weight excluding hydrogens is 214 g/mol. The topological polar surface area (TPSA) is 59.6 Å². The lowest BCUT2D eigenvalue weighted by atomic mass is 9.92. The van der Waals surface area contributed by atoms with Crippen molar-refractivity contribution in [3.63, 3.8) is 0 Å². The van der Waals surface area contributed by atoms with E-state index in [-0.39, 0.29) is 0 Å². The first kappa shape index (κ1) is 11.5. The molecule has 0 spiro atoms. The average molecular weight is 229 g/mol. The number of amidine groups is 1. The van der Waals surface area contributed by atoms with Crippen molar-refractivity contribution in [3.05, 3.63) is 35.6 Å². The van der Waals surface area contributed by atoms with Gasteiger partial charge in [-0.25, -0.2) is 0 Å². The summed E-state index contributed by atoms with van der Waals surface area (Å²) in [7, 11) is 0. The van der Waals surface area contributed by atoms with Crippen molar-refractivity contribution in [2.75, 3.05) is 0 Å². The largest absolute Gasteiger partial charge is 0.409 e. The Morgan fingerprint density at radius 2 is 2.35 bits per heavy atom. The molecule has 88 valence electrons. The molecule has 1 saturated carbocycles. The summed E-state index contributed by atoms with van der Waals surface area (Å²) in [5, 5.41) is 21.6. The molecule has 1 aliphatic carbocycles. The zero-order valence-electron chi connectivity index (χ0n) is 9.80. The van der Waals surface area contributed by atoms with Gasteiger partial charge in [0.25, 0.3) is 0 Å². The molecule has 1 fully saturated rings. The van der Waals surface area contributed by atoms with E-state index < -0.39 is 0 Å². The van der Waals surface area contributed by atoms with Gasteiger partial charge in [0.15, 0.2) is 5.84 Å². The van der Waals surface area contributed by atoms with Crippen molar-refractivity contribution in [1.29, 1.82) is 5.26 Å². The van der Waals surface area contributed by atoms with Gasteiger partial charge in [-0.2, -0.15) is 5.26 Å². The van der Waals surface area contributed by atoms with Crippen LogP contribution in [0.25, 0.3) is 0 Å². The Morgan fingerprint density at radius 1 is 1.59 bits per heavy atom. The molecule has 0 aromatic heterocycles.